The van der Waals surface area contributed by atoms with Crippen LogP contribution in [0.25, 0.3) is 0 Å². The lowest BCUT2D eigenvalue weighted by Crippen LogP contribution is -2.47. The van der Waals surface area contributed by atoms with Gasteiger partial charge in [0.15, 0.2) is 0 Å². The lowest BCUT2D eigenvalue weighted by Gasteiger charge is -2.40. The van der Waals surface area contributed by atoms with E-state index in [1.165, 1.54) is 50.5 Å². The summed E-state index contributed by atoms with van der Waals surface area (Å²) >= 11 is 2.10. The van der Waals surface area contributed by atoms with Crippen molar-refractivity contribution in [1.82, 2.24) is 9.80 Å². The molecule has 4 nitrogen and oxygen atoms in total. The van der Waals surface area contributed by atoms with Crippen molar-refractivity contribution in [3.63, 3.8) is 0 Å². The summed E-state index contributed by atoms with van der Waals surface area (Å²) in [6.45, 7) is 7.03. The molecule has 2 aliphatic rings. The van der Waals surface area contributed by atoms with Crippen LogP contribution in [-0.2, 0) is 0 Å². The fourth-order valence-electron chi connectivity index (χ4n) is 3.60. The van der Waals surface area contributed by atoms with Crippen molar-refractivity contribution in [3.05, 3.63) is 24.3 Å². The van der Waals surface area contributed by atoms with Gasteiger partial charge in [-0.15, -0.1) is 0 Å². The van der Waals surface area contributed by atoms with Crippen molar-refractivity contribution < 1.29 is 9.47 Å². The van der Waals surface area contributed by atoms with Gasteiger partial charge in [0.2, 0.25) is 0 Å². The molecule has 1 aromatic carbocycles. The number of ether oxygens (including phenoxy) is 2. The Morgan fingerprint density at radius 1 is 1.00 bits per heavy atom. The smallest absolute Gasteiger partial charge is 0.119 e. The first-order chi connectivity index (χ1) is 11.8. The Kier molecular flexibility index (Phi) is 7.12. The molecule has 0 aromatic heterocycles. The zero-order chi connectivity index (χ0) is 16.6. The maximum absolute atomic E-state index is 5.82. The summed E-state index contributed by atoms with van der Waals surface area (Å²) in [6, 6.07) is 8.67. The van der Waals surface area contributed by atoms with Gasteiger partial charge in [0, 0.05) is 37.2 Å². The number of hydrogen-bond donors (Lipinski definition) is 0. The van der Waals surface area contributed by atoms with E-state index >= 15 is 0 Å². The Labute approximate surface area is 150 Å². The Hall–Kier alpha value is -0.910. The molecular weight excluding hydrogens is 320 g/mol. The van der Waals surface area contributed by atoms with Gasteiger partial charge in [-0.25, -0.2) is 0 Å². The molecule has 0 saturated carbocycles. The van der Waals surface area contributed by atoms with E-state index in [4.69, 9.17) is 9.47 Å². The van der Waals surface area contributed by atoms with Crippen molar-refractivity contribution >= 4 is 11.8 Å². The Morgan fingerprint density at radius 3 is 2.33 bits per heavy atom. The van der Waals surface area contributed by atoms with Gasteiger partial charge in [-0.3, -0.25) is 4.90 Å². The Morgan fingerprint density at radius 2 is 1.67 bits per heavy atom. The molecule has 0 bridgehead atoms. The molecular formula is C19H30N2O2S. The summed E-state index contributed by atoms with van der Waals surface area (Å²) in [4.78, 5) is 5.33. The summed E-state index contributed by atoms with van der Waals surface area (Å²) in [5.74, 6) is 4.45. The van der Waals surface area contributed by atoms with Crippen LogP contribution in [0, 0.1) is 0 Å². The molecule has 2 fully saturated rings. The number of likely N-dealkylation sites (tertiary alicyclic amines) is 1. The quantitative estimate of drug-likeness (QED) is 0.704. The highest BCUT2D eigenvalue weighted by molar-refractivity contribution is 7.99. The van der Waals surface area contributed by atoms with Gasteiger partial charge in [-0.05, 0) is 56.6 Å². The molecule has 0 atom stereocenters. The number of thioether (sulfide) groups is 1. The van der Waals surface area contributed by atoms with Gasteiger partial charge < -0.3 is 14.4 Å². The van der Waals surface area contributed by atoms with Crippen molar-refractivity contribution in [2.45, 2.75) is 25.3 Å². The highest BCUT2D eigenvalue weighted by Crippen LogP contribution is 2.21. The molecule has 24 heavy (non-hydrogen) atoms. The summed E-state index contributed by atoms with van der Waals surface area (Å²) in [5.41, 5.74) is 0. The van der Waals surface area contributed by atoms with Crippen LogP contribution < -0.4 is 9.47 Å². The predicted octanol–water partition coefficient (Wildman–Crippen LogP) is 2.98. The third-order valence-corrected chi connectivity index (χ3v) is 6.01. The van der Waals surface area contributed by atoms with Crippen LogP contribution in [0.1, 0.15) is 19.3 Å². The Balaban J connectivity index is 1.29. The summed E-state index contributed by atoms with van der Waals surface area (Å²) in [5, 5.41) is 0. The second-order valence-corrected chi connectivity index (χ2v) is 7.82. The van der Waals surface area contributed by atoms with Crippen molar-refractivity contribution in [2.75, 3.05) is 57.9 Å². The van der Waals surface area contributed by atoms with Crippen LogP contribution in [0.15, 0.2) is 24.3 Å². The van der Waals surface area contributed by atoms with E-state index in [-0.39, 0.29) is 0 Å². The average molecular weight is 351 g/mol. The zero-order valence-corrected chi connectivity index (χ0v) is 15.6. The first-order valence-corrected chi connectivity index (χ1v) is 10.3. The molecule has 134 valence electrons. The first-order valence-electron chi connectivity index (χ1n) is 9.16. The topological polar surface area (TPSA) is 24.9 Å². The van der Waals surface area contributed by atoms with Gasteiger partial charge in [0.1, 0.15) is 11.5 Å². The van der Waals surface area contributed by atoms with Gasteiger partial charge in [0.25, 0.3) is 0 Å². The molecule has 0 aliphatic carbocycles. The van der Waals surface area contributed by atoms with E-state index in [2.05, 4.69) is 21.6 Å². The van der Waals surface area contributed by atoms with Gasteiger partial charge >= 0.3 is 0 Å². The van der Waals surface area contributed by atoms with Crippen LogP contribution in [-0.4, -0.2) is 73.8 Å². The molecule has 5 heteroatoms. The summed E-state index contributed by atoms with van der Waals surface area (Å²) in [7, 11) is 1.68. The molecule has 1 aromatic rings. The lowest BCUT2D eigenvalue weighted by molar-refractivity contribution is 0.112. The van der Waals surface area contributed by atoms with Gasteiger partial charge in [0.05, 0.1) is 13.7 Å². The molecule has 0 spiro atoms. The first kappa shape index (κ1) is 17.9. The predicted molar refractivity (Wildman–Crippen MR) is 101 cm³/mol. The maximum atomic E-state index is 5.82. The number of piperidine rings is 1. The molecule has 0 unspecified atom stereocenters. The molecule has 0 N–H and O–H groups in total. The summed E-state index contributed by atoms with van der Waals surface area (Å²) < 4.78 is 11.0. The van der Waals surface area contributed by atoms with Crippen LogP contribution in [0.5, 0.6) is 11.5 Å². The number of benzene rings is 1. The molecule has 3 rings (SSSR count). The monoisotopic (exact) mass is 350 g/mol. The van der Waals surface area contributed by atoms with E-state index in [0.29, 0.717) is 0 Å². The maximum Gasteiger partial charge on any atom is 0.119 e. The summed E-state index contributed by atoms with van der Waals surface area (Å²) in [6.07, 6.45) is 3.77. The van der Waals surface area contributed by atoms with Crippen molar-refractivity contribution in [3.8, 4) is 11.5 Å². The number of rotatable bonds is 7. The molecule has 2 heterocycles. The van der Waals surface area contributed by atoms with E-state index in [1.807, 2.05) is 24.3 Å². The molecule has 0 amide bonds. The van der Waals surface area contributed by atoms with Gasteiger partial charge in [-0.1, -0.05) is 0 Å². The highest BCUT2D eigenvalue weighted by atomic mass is 32.2. The number of nitrogens with zero attached hydrogens (tertiary/aromatic N) is 2. The molecule has 2 saturated heterocycles. The van der Waals surface area contributed by atoms with Crippen molar-refractivity contribution in [1.29, 1.82) is 0 Å². The second kappa shape index (κ2) is 9.54. The lowest BCUT2D eigenvalue weighted by atomic mass is 10.0. The molecule has 2 aliphatic heterocycles. The minimum atomic E-state index is 0.787. The Bertz CT molecular complexity index is 469. The normalized spacial score (nSPS) is 20.9. The standard InChI is InChI=1S/C19H30N2O2S/c1-22-18-3-5-19(6-4-18)23-14-2-9-20-10-7-17(8-11-20)21-12-15-24-16-13-21/h3-6,17H,2,7-16H2,1H3. The number of hydrogen-bond acceptors (Lipinski definition) is 5. The number of methoxy groups -OCH3 is 1. The zero-order valence-electron chi connectivity index (χ0n) is 14.8. The van der Waals surface area contributed by atoms with Crippen molar-refractivity contribution in [2.24, 2.45) is 0 Å². The third kappa shape index (κ3) is 5.30. The average Bonchev–Trinajstić information content (AvgIpc) is 2.67. The fourth-order valence-corrected chi connectivity index (χ4v) is 4.53. The SMILES string of the molecule is COc1ccc(OCCCN2CCC(N3CCSCC3)CC2)cc1. The van der Waals surface area contributed by atoms with Crippen LogP contribution >= 0.6 is 11.8 Å². The largest absolute Gasteiger partial charge is 0.497 e. The minimum Gasteiger partial charge on any atom is -0.497 e. The van der Waals surface area contributed by atoms with E-state index in [1.54, 1.807) is 7.11 Å². The minimum absolute atomic E-state index is 0.787. The van der Waals surface area contributed by atoms with Crippen LogP contribution in [0.4, 0.5) is 0 Å². The fraction of sp³-hybridized carbons (Fsp3) is 0.684. The van der Waals surface area contributed by atoms with Crippen LogP contribution in [0.2, 0.25) is 0 Å². The van der Waals surface area contributed by atoms with E-state index in [9.17, 15) is 0 Å². The molecule has 0 radical (unpaired) electrons. The van der Waals surface area contributed by atoms with Gasteiger partial charge in [-0.2, -0.15) is 11.8 Å². The second-order valence-electron chi connectivity index (χ2n) is 6.60. The highest BCUT2D eigenvalue weighted by Gasteiger charge is 2.25. The van der Waals surface area contributed by atoms with E-state index in [0.717, 1.165) is 37.1 Å². The van der Waals surface area contributed by atoms with E-state index < -0.39 is 0 Å². The van der Waals surface area contributed by atoms with Crippen LogP contribution in [0.3, 0.4) is 0 Å². The third-order valence-electron chi connectivity index (χ3n) is 5.07.